The van der Waals surface area contributed by atoms with Gasteiger partial charge in [-0.25, -0.2) is 9.67 Å². The standard InChI is InChI=1S/C30H33ClF3N5O2/c1-16-25(28(40)36-8-7-35-26-20-10-17-9-18(12-20)13-21(26)11-17)38-39(27(16)19-3-5-22(31)6-4-19)23-14-24(30(32,33)34)29(41-2)37-15-23/h3-6,14-15,17-18,20-21,26,35H,7-13H2,1-2H3,(H,36,40). The minimum atomic E-state index is -4.69. The molecule has 3 aromatic rings. The van der Waals surface area contributed by atoms with Crippen molar-refractivity contribution in [1.82, 2.24) is 25.4 Å². The maximum atomic E-state index is 13.8. The van der Waals surface area contributed by atoms with Gasteiger partial charge in [0, 0.05) is 35.3 Å². The summed E-state index contributed by atoms with van der Waals surface area (Å²) in [6.45, 7) is 2.81. The van der Waals surface area contributed by atoms with Crippen molar-refractivity contribution in [2.45, 2.75) is 51.2 Å². The van der Waals surface area contributed by atoms with E-state index in [0.717, 1.165) is 36.8 Å². The molecule has 4 aliphatic rings. The minimum absolute atomic E-state index is 0.0498. The first kappa shape index (κ1) is 28.0. The fourth-order valence-corrected chi connectivity index (χ4v) is 7.65. The first-order valence-corrected chi connectivity index (χ1v) is 14.5. The highest BCUT2D eigenvalue weighted by atomic mass is 35.5. The van der Waals surface area contributed by atoms with Crippen LogP contribution < -0.4 is 15.4 Å². The monoisotopic (exact) mass is 587 g/mol. The van der Waals surface area contributed by atoms with E-state index in [9.17, 15) is 18.0 Å². The summed E-state index contributed by atoms with van der Waals surface area (Å²) in [6.07, 6.45) is 3.23. The van der Waals surface area contributed by atoms with Crippen LogP contribution in [0.1, 0.15) is 53.7 Å². The number of amides is 1. The number of alkyl halides is 3. The van der Waals surface area contributed by atoms with E-state index < -0.39 is 17.6 Å². The van der Waals surface area contributed by atoms with Crippen molar-refractivity contribution in [3.05, 3.63) is 58.4 Å². The third-order valence-corrected chi connectivity index (χ3v) is 9.30. The van der Waals surface area contributed by atoms with Crippen molar-refractivity contribution in [3.63, 3.8) is 0 Å². The molecule has 4 aliphatic carbocycles. The highest BCUT2D eigenvalue weighted by Crippen LogP contribution is 2.53. The van der Waals surface area contributed by atoms with Gasteiger partial charge in [0.1, 0.15) is 5.56 Å². The molecule has 4 fully saturated rings. The van der Waals surface area contributed by atoms with E-state index in [4.69, 9.17) is 16.3 Å². The number of benzene rings is 1. The van der Waals surface area contributed by atoms with Crippen LogP contribution in [-0.2, 0) is 6.18 Å². The molecule has 1 aromatic carbocycles. The fourth-order valence-electron chi connectivity index (χ4n) is 7.52. The summed E-state index contributed by atoms with van der Waals surface area (Å²) in [5, 5.41) is 11.7. The number of carbonyl (C=O) groups is 1. The lowest BCUT2D eigenvalue weighted by Crippen LogP contribution is -2.55. The summed E-state index contributed by atoms with van der Waals surface area (Å²) in [4.78, 5) is 17.2. The first-order chi connectivity index (χ1) is 19.6. The Hall–Kier alpha value is -3.11. The van der Waals surface area contributed by atoms with Gasteiger partial charge in [-0.15, -0.1) is 0 Å². The van der Waals surface area contributed by atoms with Crippen LogP contribution >= 0.6 is 11.6 Å². The Morgan fingerprint density at radius 1 is 1.07 bits per heavy atom. The predicted molar refractivity (Wildman–Crippen MR) is 149 cm³/mol. The Morgan fingerprint density at radius 3 is 2.34 bits per heavy atom. The molecule has 0 aliphatic heterocycles. The van der Waals surface area contributed by atoms with Gasteiger partial charge in [0.2, 0.25) is 5.88 Å². The van der Waals surface area contributed by atoms with Gasteiger partial charge in [0.05, 0.1) is 24.7 Å². The number of aromatic nitrogens is 3. The largest absolute Gasteiger partial charge is 0.481 e. The van der Waals surface area contributed by atoms with Crippen molar-refractivity contribution in [2.24, 2.45) is 23.7 Å². The van der Waals surface area contributed by atoms with Gasteiger partial charge in [0.15, 0.2) is 5.69 Å². The molecule has 41 heavy (non-hydrogen) atoms. The summed E-state index contributed by atoms with van der Waals surface area (Å²) >= 11 is 6.08. The molecule has 4 saturated carbocycles. The van der Waals surface area contributed by atoms with E-state index in [0.29, 0.717) is 41.0 Å². The van der Waals surface area contributed by atoms with Crippen molar-refractivity contribution in [3.8, 4) is 22.8 Å². The van der Waals surface area contributed by atoms with Crippen LogP contribution in [0.2, 0.25) is 5.02 Å². The van der Waals surface area contributed by atoms with E-state index in [1.54, 1.807) is 31.2 Å². The average Bonchev–Trinajstić information content (AvgIpc) is 3.28. The third-order valence-electron chi connectivity index (χ3n) is 9.05. The zero-order chi connectivity index (χ0) is 28.9. The number of ether oxygens (including phenoxy) is 1. The maximum Gasteiger partial charge on any atom is 0.421 e. The Kier molecular flexibility index (Phi) is 7.48. The number of nitrogens with zero attached hydrogens (tertiary/aromatic N) is 3. The molecule has 11 heteroatoms. The van der Waals surface area contributed by atoms with Crippen LogP contribution in [0.5, 0.6) is 5.88 Å². The lowest BCUT2D eigenvalue weighted by Gasteiger charge is -2.54. The first-order valence-electron chi connectivity index (χ1n) is 14.1. The molecular weight excluding hydrogens is 555 g/mol. The number of pyridine rings is 1. The molecule has 4 bridgehead atoms. The van der Waals surface area contributed by atoms with Crippen LogP contribution in [-0.4, -0.2) is 46.9 Å². The Morgan fingerprint density at radius 2 is 1.73 bits per heavy atom. The number of carbonyl (C=O) groups excluding carboxylic acids is 1. The molecule has 2 aromatic heterocycles. The Balaban J connectivity index is 1.23. The highest BCUT2D eigenvalue weighted by Gasteiger charge is 2.47. The Bertz CT molecular complexity index is 1410. The smallest absolute Gasteiger partial charge is 0.421 e. The summed E-state index contributed by atoms with van der Waals surface area (Å²) < 4.78 is 47.5. The third kappa shape index (κ3) is 5.44. The molecule has 0 unspecified atom stereocenters. The topological polar surface area (TPSA) is 81.1 Å². The molecule has 7 rings (SSSR count). The van der Waals surface area contributed by atoms with Gasteiger partial charge in [-0.2, -0.15) is 18.3 Å². The zero-order valence-corrected chi connectivity index (χ0v) is 23.7. The van der Waals surface area contributed by atoms with Gasteiger partial charge in [0.25, 0.3) is 5.91 Å². The number of hydrogen-bond acceptors (Lipinski definition) is 5. The van der Waals surface area contributed by atoms with Crippen LogP contribution in [0.15, 0.2) is 36.5 Å². The summed E-state index contributed by atoms with van der Waals surface area (Å²) in [5.41, 5.74) is 0.797. The van der Waals surface area contributed by atoms with Gasteiger partial charge in [-0.1, -0.05) is 23.7 Å². The lowest BCUT2D eigenvalue weighted by atomic mass is 9.54. The van der Waals surface area contributed by atoms with E-state index in [-0.39, 0.29) is 17.3 Å². The lowest BCUT2D eigenvalue weighted by molar-refractivity contribution is -0.139. The minimum Gasteiger partial charge on any atom is -0.481 e. The van der Waals surface area contributed by atoms with E-state index in [2.05, 4.69) is 20.7 Å². The number of hydrogen-bond donors (Lipinski definition) is 2. The molecule has 0 spiro atoms. The fraction of sp³-hybridized carbons (Fsp3) is 0.500. The van der Waals surface area contributed by atoms with Gasteiger partial charge < -0.3 is 15.4 Å². The molecular formula is C30H33ClF3N5O2. The molecule has 0 atom stereocenters. The van der Waals surface area contributed by atoms with Gasteiger partial charge in [-0.3, -0.25) is 4.79 Å². The van der Waals surface area contributed by atoms with Crippen molar-refractivity contribution < 1.29 is 22.7 Å². The van der Waals surface area contributed by atoms with Gasteiger partial charge in [-0.05, 0) is 80.9 Å². The van der Waals surface area contributed by atoms with Crippen molar-refractivity contribution in [1.29, 1.82) is 0 Å². The molecule has 0 radical (unpaired) electrons. The normalized spacial score (nSPS) is 25.0. The molecule has 2 N–H and O–H groups in total. The Labute approximate surface area is 241 Å². The summed E-state index contributed by atoms with van der Waals surface area (Å²) in [6, 6.07) is 8.27. The summed E-state index contributed by atoms with van der Waals surface area (Å²) in [5.74, 6) is 2.35. The number of halogens is 4. The maximum absolute atomic E-state index is 13.8. The molecule has 1 amide bonds. The molecule has 7 nitrogen and oxygen atoms in total. The number of nitrogens with one attached hydrogen (secondary N) is 2. The van der Waals surface area contributed by atoms with Crippen molar-refractivity contribution >= 4 is 17.5 Å². The number of methoxy groups -OCH3 is 1. The average molecular weight is 588 g/mol. The van der Waals surface area contributed by atoms with Crippen molar-refractivity contribution in [2.75, 3.05) is 20.2 Å². The number of rotatable bonds is 8. The second kappa shape index (κ2) is 10.9. The summed E-state index contributed by atoms with van der Waals surface area (Å²) in [7, 11) is 1.13. The van der Waals surface area contributed by atoms with Crippen LogP contribution in [0.3, 0.4) is 0 Å². The van der Waals surface area contributed by atoms with Crippen LogP contribution in [0.25, 0.3) is 16.9 Å². The molecule has 0 saturated heterocycles. The van der Waals surface area contributed by atoms with E-state index in [1.165, 1.54) is 43.0 Å². The van der Waals surface area contributed by atoms with E-state index >= 15 is 0 Å². The molecule has 218 valence electrons. The highest BCUT2D eigenvalue weighted by molar-refractivity contribution is 6.30. The van der Waals surface area contributed by atoms with Crippen LogP contribution in [0, 0.1) is 30.6 Å². The quantitative estimate of drug-likeness (QED) is 0.313. The predicted octanol–water partition coefficient (Wildman–Crippen LogP) is 6.07. The SMILES string of the molecule is COc1ncc(-n2nc(C(=O)NCCNC3C4CC5CC(C4)CC3C5)c(C)c2-c2ccc(Cl)cc2)cc1C(F)(F)F. The van der Waals surface area contributed by atoms with E-state index in [1.807, 2.05) is 0 Å². The van der Waals surface area contributed by atoms with Crippen LogP contribution in [0.4, 0.5) is 13.2 Å². The zero-order valence-electron chi connectivity index (χ0n) is 23.0. The molecule has 2 heterocycles. The second-order valence-corrected chi connectivity index (χ2v) is 12.1. The van der Waals surface area contributed by atoms with Gasteiger partial charge >= 0.3 is 6.18 Å². The second-order valence-electron chi connectivity index (χ2n) is 11.7.